The van der Waals surface area contributed by atoms with Crippen LogP contribution in [0.2, 0.25) is 0 Å². The summed E-state index contributed by atoms with van der Waals surface area (Å²) in [5.41, 5.74) is 0. The second-order valence-corrected chi connectivity index (χ2v) is 5.83. The Morgan fingerprint density at radius 1 is 1.22 bits per heavy atom. The minimum absolute atomic E-state index is 0.892. The molecular formula is C6H6ClIO. The fourth-order valence-corrected chi connectivity index (χ4v) is 2.17. The summed E-state index contributed by atoms with van der Waals surface area (Å²) in [6.07, 6.45) is 0. The molecule has 0 aromatic heterocycles. The van der Waals surface area contributed by atoms with Gasteiger partial charge in [0.05, 0.1) is 0 Å². The van der Waals surface area contributed by atoms with Crippen LogP contribution in [0.3, 0.4) is 0 Å². The van der Waals surface area contributed by atoms with Gasteiger partial charge in [-0.2, -0.15) is 0 Å². The Kier molecular flexibility index (Phi) is 2.75. The molecule has 0 radical (unpaired) electrons. The van der Waals surface area contributed by atoms with E-state index in [0.29, 0.717) is 0 Å². The van der Waals surface area contributed by atoms with E-state index in [-0.39, 0.29) is 0 Å². The summed E-state index contributed by atoms with van der Waals surface area (Å²) in [4.78, 5) is 0. The average Bonchev–Trinajstić information content (AvgIpc) is 1.90. The van der Waals surface area contributed by atoms with Gasteiger partial charge in [0, 0.05) is 0 Å². The first-order valence-electron chi connectivity index (χ1n) is 2.41. The fraction of sp³-hybridized carbons (Fsp3) is 0. The number of hydrogen-bond acceptors (Lipinski definition) is 1. The summed E-state index contributed by atoms with van der Waals surface area (Å²) in [5, 5.41) is 0. The summed E-state index contributed by atoms with van der Waals surface area (Å²) in [7, 11) is 5.52. The maximum absolute atomic E-state index is 8.95. The minimum atomic E-state index is -2.21. The van der Waals surface area contributed by atoms with E-state index >= 15 is 0 Å². The molecule has 1 nitrogen and oxygen atoms in total. The van der Waals surface area contributed by atoms with E-state index in [2.05, 4.69) is 0 Å². The molecule has 0 fully saturated rings. The average molecular weight is 256 g/mol. The zero-order valence-corrected chi connectivity index (χ0v) is 7.50. The van der Waals surface area contributed by atoms with Gasteiger partial charge in [0.15, 0.2) is 0 Å². The third-order valence-electron chi connectivity index (χ3n) is 0.913. The molecule has 1 N–H and O–H groups in total. The molecule has 1 rings (SSSR count). The third kappa shape index (κ3) is 2.12. The van der Waals surface area contributed by atoms with Crippen LogP contribution in [-0.4, -0.2) is 3.44 Å². The number of rotatable bonds is 1. The molecule has 1 aromatic carbocycles. The molecule has 0 unspecified atom stereocenters. The Bertz CT molecular complexity index is 176. The third-order valence-corrected chi connectivity index (χ3v) is 3.77. The van der Waals surface area contributed by atoms with Gasteiger partial charge in [-0.25, -0.2) is 0 Å². The quantitative estimate of drug-likeness (QED) is 0.765. The van der Waals surface area contributed by atoms with Crippen molar-refractivity contribution in [1.29, 1.82) is 0 Å². The number of hydrogen-bond donors (Lipinski definition) is 1. The van der Waals surface area contributed by atoms with Crippen molar-refractivity contribution in [3.63, 3.8) is 0 Å². The maximum atomic E-state index is 8.95. The molecule has 3 heteroatoms. The number of benzene rings is 1. The van der Waals surface area contributed by atoms with Crippen molar-refractivity contribution in [1.82, 2.24) is 0 Å². The van der Waals surface area contributed by atoms with Gasteiger partial charge in [0.2, 0.25) is 0 Å². The van der Waals surface area contributed by atoms with Crippen LogP contribution < -0.4 is 0 Å². The summed E-state index contributed by atoms with van der Waals surface area (Å²) < 4.78 is 9.84. The molecule has 0 saturated heterocycles. The first kappa shape index (κ1) is 7.31. The second-order valence-electron chi connectivity index (χ2n) is 1.52. The molecule has 0 saturated carbocycles. The van der Waals surface area contributed by atoms with Gasteiger partial charge in [0.1, 0.15) is 0 Å². The predicted molar refractivity (Wildman–Crippen MR) is 47.2 cm³/mol. The standard InChI is InChI=1S/C6H6ClIO/c7-8(9)6-4-2-1-3-5-6/h1-5,9H. The summed E-state index contributed by atoms with van der Waals surface area (Å²) in [6, 6.07) is 9.34. The molecule has 0 heterocycles. The Hall–Kier alpha value is 0.200. The predicted octanol–water partition coefficient (Wildman–Crippen LogP) is 2.42. The van der Waals surface area contributed by atoms with E-state index in [1.54, 1.807) is 0 Å². The molecule has 50 valence electrons. The van der Waals surface area contributed by atoms with Gasteiger partial charge in [-0.15, -0.1) is 0 Å². The molecule has 0 atom stereocenters. The Morgan fingerprint density at radius 3 is 2.11 bits per heavy atom. The molecule has 9 heavy (non-hydrogen) atoms. The van der Waals surface area contributed by atoms with Crippen molar-refractivity contribution in [2.45, 2.75) is 0 Å². The summed E-state index contributed by atoms with van der Waals surface area (Å²) in [5.74, 6) is 0. The van der Waals surface area contributed by atoms with Crippen LogP contribution in [-0.2, 0) is 0 Å². The van der Waals surface area contributed by atoms with Crippen molar-refractivity contribution in [3.8, 4) is 0 Å². The normalized spacial score (nSPS) is 11.1. The van der Waals surface area contributed by atoms with E-state index in [0.717, 1.165) is 3.57 Å². The van der Waals surface area contributed by atoms with Crippen LogP contribution in [0.5, 0.6) is 0 Å². The molecule has 0 spiro atoms. The van der Waals surface area contributed by atoms with Gasteiger partial charge in [-0.05, 0) is 0 Å². The van der Waals surface area contributed by atoms with Crippen molar-refractivity contribution >= 4 is 28.0 Å². The van der Waals surface area contributed by atoms with E-state index in [1.165, 1.54) is 0 Å². The summed E-state index contributed by atoms with van der Waals surface area (Å²) >= 11 is -2.21. The Balaban J connectivity index is 2.85. The zero-order valence-electron chi connectivity index (χ0n) is 4.59. The van der Waals surface area contributed by atoms with E-state index in [1.807, 2.05) is 30.3 Å². The van der Waals surface area contributed by atoms with Crippen LogP contribution in [0.4, 0.5) is 0 Å². The molecule has 1 aromatic rings. The van der Waals surface area contributed by atoms with Gasteiger partial charge in [-0.3, -0.25) is 0 Å². The molecule has 0 aliphatic rings. The summed E-state index contributed by atoms with van der Waals surface area (Å²) in [6.45, 7) is 0. The molecule has 0 aliphatic carbocycles. The zero-order chi connectivity index (χ0) is 6.69. The second kappa shape index (κ2) is 3.39. The van der Waals surface area contributed by atoms with Crippen molar-refractivity contribution < 1.29 is 3.44 Å². The monoisotopic (exact) mass is 256 g/mol. The van der Waals surface area contributed by atoms with Crippen LogP contribution in [0.15, 0.2) is 30.3 Å². The topological polar surface area (TPSA) is 20.2 Å². The van der Waals surface area contributed by atoms with Crippen LogP contribution in [0.25, 0.3) is 0 Å². The van der Waals surface area contributed by atoms with E-state index in [9.17, 15) is 0 Å². The number of halogens is 2. The molecule has 0 aliphatic heterocycles. The van der Waals surface area contributed by atoms with Gasteiger partial charge >= 0.3 is 65.4 Å². The van der Waals surface area contributed by atoms with Crippen LogP contribution >= 0.6 is 28.0 Å². The first-order chi connectivity index (χ1) is 4.30. The van der Waals surface area contributed by atoms with Crippen molar-refractivity contribution in [3.05, 3.63) is 33.9 Å². The molecule has 0 amide bonds. The SMILES string of the molecule is OI(Cl)c1ccccc1. The van der Waals surface area contributed by atoms with Crippen LogP contribution in [0.1, 0.15) is 0 Å². The van der Waals surface area contributed by atoms with Gasteiger partial charge in [-0.1, -0.05) is 0 Å². The Morgan fingerprint density at radius 2 is 1.78 bits per heavy atom. The van der Waals surface area contributed by atoms with E-state index in [4.69, 9.17) is 12.3 Å². The first-order valence-corrected chi connectivity index (χ1v) is 7.19. The van der Waals surface area contributed by atoms with Crippen molar-refractivity contribution in [2.24, 2.45) is 0 Å². The van der Waals surface area contributed by atoms with Crippen LogP contribution in [0, 0.1) is 3.57 Å². The van der Waals surface area contributed by atoms with E-state index < -0.39 is 19.1 Å². The molecule has 0 bridgehead atoms. The van der Waals surface area contributed by atoms with Crippen molar-refractivity contribution in [2.75, 3.05) is 0 Å². The Labute approximate surface area is 65.3 Å². The van der Waals surface area contributed by atoms with Gasteiger partial charge < -0.3 is 0 Å². The van der Waals surface area contributed by atoms with Gasteiger partial charge in [0.25, 0.3) is 0 Å². The fourth-order valence-electron chi connectivity index (χ4n) is 0.519. The molecular weight excluding hydrogens is 250 g/mol.